The molecule has 3 unspecified atom stereocenters. The first-order chi connectivity index (χ1) is 7.34. The lowest BCUT2D eigenvalue weighted by Crippen LogP contribution is -2.28. The van der Waals surface area contributed by atoms with Gasteiger partial charge in [0.15, 0.2) is 0 Å². The molecule has 0 aliphatic carbocycles. The Morgan fingerprint density at radius 3 is 2.06 bits per heavy atom. The van der Waals surface area contributed by atoms with Crippen molar-refractivity contribution < 1.29 is 14.7 Å². The van der Waals surface area contributed by atoms with Crippen molar-refractivity contribution in [3.63, 3.8) is 0 Å². The third-order valence-electron chi connectivity index (χ3n) is 3.01. The summed E-state index contributed by atoms with van der Waals surface area (Å²) in [7, 11) is 0. The number of carbonyl (C=O) groups excluding carboxylic acids is 1. The number of ketones is 1. The summed E-state index contributed by atoms with van der Waals surface area (Å²) in [5.74, 6) is -0.588. The molecule has 4 heteroatoms. The van der Waals surface area contributed by atoms with Gasteiger partial charge in [-0.3, -0.25) is 9.59 Å². The molecule has 0 bridgehead atoms. The van der Waals surface area contributed by atoms with Gasteiger partial charge in [-0.25, -0.2) is 0 Å². The second-order valence-corrected chi connectivity index (χ2v) is 4.72. The normalized spacial score (nSPS) is 16.5. The third kappa shape index (κ3) is 6.56. The number of carboxylic acids is 1. The maximum Gasteiger partial charge on any atom is 0.306 e. The molecule has 0 amide bonds. The van der Waals surface area contributed by atoms with Gasteiger partial charge in [0.1, 0.15) is 5.78 Å². The highest BCUT2D eigenvalue weighted by molar-refractivity contribution is 5.81. The van der Waals surface area contributed by atoms with Gasteiger partial charge in [0.05, 0.1) is 12.0 Å². The Morgan fingerprint density at radius 1 is 1.12 bits per heavy atom. The molecular formula is C12H23NO3. The largest absolute Gasteiger partial charge is 0.481 e. The van der Waals surface area contributed by atoms with Gasteiger partial charge in [0.25, 0.3) is 0 Å². The summed E-state index contributed by atoms with van der Waals surface area (Å²) in [6.07, 6.45) is 3.13. The standard InChI is InChI=1S/C12H23NO3/c1-8(4-6-9(2)12(15)16)5-7-11(13)10(3)14/h8-9,11H,4-7,13H2,1-3H3,(H,15,16). The number of Topliss-reactive ketones (excluding diaryl/α,β-unsaturated/α-hetero) is 1. The zero-order valence-corrected chi connectivity index (χ0v) is 10.4. The summed E-state index contributed by atoms with van der Waals surface area (Å²) in [6.45, 7) is 5.29. The van der Waals surface area contributed by atoms with E-state index in [1.54, 1.807) is 6.92 Å². The molecule has 0 aliphatic heterocycles. The molecule has 0 rings (SSSR count). The molecule has 0 aromatic carbocycles. The third-order valence-corrected chi connectivity index (χ3v) is 3.01. The Labute approximate surface area is 97.2 Å². The van der Waals surface area contributed by atoms with Crippen molar-refractivity contribution >= 4 is 11.8 Å². The lowest BCUT2D eigenvalue weighted by atomic mass is 9.93. The maximum atomic E-state index is 10.9. The first-order valence-corrected chi connectivity index (χ1v) is 5.83. The topological polar surface area (TPSA) is 80.4 Å². The number of carboxylic acid groups (broad SMARTS) is 1. The Balaban J connectivity index is 3.70. The van der Waals surface area contributed by atoms with Crippen LogP contribution in [-0.2, 0) is 9.59 Å². The van der Waals surface area contributed by atoms with Gasteiger partial charge in [-0.1, -0.05) is 13.8 Å². The van der Waals surface area contributed by atoms with Crippen molar-refractivity contribution in [1.29, 1.82) is 0 Å². The first-order valence-electron chi connectivity index (χ1n) is 5.83. The molecule has 0 aromatic rings. The SMILES string of the molecule is CC(=O)C(N)CCC(C)CCC(C)C(=O)O. The summed E-state index contributed by atoms with van der Waals surface area (Å²) in [4.78, 5) is 21.5. The number of rotatable bonds is 8. The average Bonchev–Trinajstić information content (AvgIpc) is 2.21. The van der Waals surface area contributed by atoms with E-state index in [9.17, 15) is 9.59 Å². The van der Waals surface area contributed by atoms with E-state index >= 15 is 0 Å². The Hall–Kier alpha value is -0.900. The van der Waals surface area contributed by atoms with Gasteiger partial charge in [-0.15, -0.1) is 0 Å². The Kier molecular flexibility index (Phi) is 6.97. The number of nitrogens with two attached hydrogens (primary N) is 1. The molecule has 0 spiro atoms. The van der Waals surface area contributed by atoms with Crippen molar-refractivity contribution in [2.45, 2.75) is 52.5 Å². The van der Waals surface area contributed by atoms with E-state index in [1.165, 1.54) is 6.92 Å². The van der Waals surface area contributed by atoms with E-state index in [-0.39, 0.29) is 17.7 Å². The van der Waals surface area contributed by atoms with Crippen molar-refractivity contribution in [2.75, 3.05) is 0 Å². The molecule has 0 aromatic heterocycles. The van der Waals surface area contributed by atoms with Gasteiger partial charge in [0.2, 0.25) is 0 Å². The molecule has 16 heavy (non-hydrogen) atoms. The van der Waals surface area contributed by atoms with Gasteiger partial charge < -0.3 is 10.8 Å². The van der Waals surface area contributed by atoms with Crippen LogP contribution in [-0.4, -0.2) is 22.9 Å². The highest BCUT2D eigenvalue weighted by Crippen LogP contribution is 2.17. The number of hydrogen-bond acceptors (Lipinski definition) is 3. The summed E-state index contributed by atoms with van der Waals surface area (Å²) in [5.41, 5.74) is 5.63. The van der Waals surface area contributed by atoms with Gasteiger partial charge in [-0.05, 0) is 38.5 Å². The minimum absolute atomic E-state index is 0.0195. The van der Waals surface area contributed by atoms with Crippen LogP contribution in [0.2, 0.25) is 0 Å². The average molecular weight is 229 g/mol. The predicted molar refractivity (Wildman–Crippen MR) is 63.1 cm³/mol. The highest BCUT2D eigenvalue weighted by Gasteiger charge is 2.14. The van der Waals surface area contributed by atoms with E-state index in [0.29, 0.717) is 18.8 Å². The summed E-state index contributed by atoms with van der Waals surface area (Å²) >= 11 is 0. The fourth-order valence-electron chi connectivity index (χ4n) is 1.47. The smallest absolute Gasteiger partial charge is 0.306 e. The molecule has 4 nitrogen and oxygen atoms in total. The molecule has 3 atom stereocenters. The van der Waals surface area contributed by atoms with Gasteiger partial charge in [-0.2, -0.15) is 0 Å². The van der Waals surface area contributed by atoms with Crippen LogP contribution in [0.1, 0.15) is 46.5 Å². The lowest BCUT2D eigenvalue weighted by Gasteiger charge is -2.14. The van der Waals surface area contributed by atoms with E-state index in [1.807, 2.05) is 0 Å². The molecular weight excluding hydrogens is 206 g/mol. The Morgan fingerprint density at radius 2 is 1.62 bits per heavy atom. The van der Waals surface area contributed by atoms with Crippen molar-refractivity contribution in [1.82, 2.24) is 0 Å². The summed E-state index contributed by atoms with van der Waals surface area (Å²) in [5, 5.41) is 8.72. The molecule has 0 aliphatic rings. The van der Waals surface area contributed by atoms with Crippen molar-refractivity contribution in [3.8, 4) is 0 Å². The minimum atomic E-state index is -0.743. The number of carbonyl (C=O) groups is 2. The van der Waals surface area contributed by atoms with Crippen LogP contribution in [0.15, 0.2) is 0 Å². The molecule has 0 radical (unpaired) electrons. The van der Waals surface area contributed by atoms with Gasteiger partial charge in [0, 0.05) is 0 Å². The van der Waals surface area contributed by atoms with Crippen LogP contribution in [0, 0.1) is 11.8 Å². The van der Waals surface area contributed by atoms with Crippen LogP contribution in [0.25, 0.3) is 0 Å². The fraction of sp³-hybridized carbons (Fsp3) is 0.833. The predicted octanol–water partition coefficient (Wildman–Crippen LogP) is 1.82. The van der Waals surface area contributed by atoms with Crippen LogP contribution >= 0.6 is 0 Å². The molecule has 0 fully saturated rings. The second kappa shape index (κ2) is 7.39. The molecule has 0 heterocycles. The van der Waals surface area contributed by atoms with E-state index in [4.69, 9.17) is 10.8 Å². The number of aliphatic carboxylic acids is 1. The fourth-order valence-corrected chi connectivity index (χ4v) is 1.47. The highest BCUT2D eigenvalue weighted by atomic mass is 16.4. The zero-order chi connectivity index (χ0) is 12.7. The van der Waals surface area contributed by atoms with E-state index < -0.39 is 5.97 Å². The van der Waals surface area contributed by atoms with Crippen LogP contribution in [0.3, 0.4) is 0 Å². The second-order valence-electron chi connectivity index (χ2n) is 4.72. The quantitative estimate of drug-likeness (QED) is 0.665. The Bertz CT molecular complexity index is 216. The molecule has 0 saturated carbocycles. The van der Waals surface area contributed by atoms with Crippen LogP contribution in [0.4, 0.5) is 0 Å². The van der Waals surface area contributed by atoms with Crippen LogP contribution in [0.5, 0.6) is 0 Å². The summed E-state index contributed by atoms with van der Waals surface area (Å²) < 4.78 is 0. The number of hydrogen-bond donors (Lipinski definition) is 2. The minimum Gasteiger partial charge on any atom is -0.481 e. The molecule has 3 N–H and O–H groups in total. The first kappa shape index (κ1) is 15.1. The van der Waals surface area contributed by atoms with E-state index in [2.05, 4.69) is 6.92 Å². The van der Waals surface area contributed by atoms with Gasteiger partial charge >= 0.3 is 5.97 Å². The maximum absolute atomic E-state index is 10.9. The van der Waals surface area contributed by atoms with E-state index in [0.717, 1.165) is 12.8 Å². The summed E-state index contributed by atoms with van der Waals surface area (Å²) in [6, 6.07) is -0.362. The zero-order valence-electron chi connectivity index (χ0n) is 10.4. The van der Waals surface area contributed by atoms with Crippen molar-refractivity contribution in [2.24, 2.45) is 17.6 Å². The monoisotopic (exact) mass is 229 g/mol. The molecule has 94 valence electrons. The van der Waals surface area contributed by atoms with Crippen LogP contribution < -0.4 is 5.73 Å². The van der Waals surface area contributed by atoms with Crippen molar-refractivity contribution in [3.05, 3.63) is 0 Å². The lowest BCUT2D eigenvalue weighted by molar-refractivity contribution is -0.141. The molecule has 0 saturated heterocycles.